The number of hydrogen-bond acceptors (Lipinski definition) is 5. The van der Waals surface area contributed by atoms with Crippen molar-refractivity contribution < 1.29 is 13.2 Å². The Morgan fingerprint density at radius 1 is 1.17 bits per heavy atom. The van der Waals surface area contributed by atoms with Crippen LogP contribution in [0.2, 0.25) is 0 Å². The van der Waals surface area contributed by atoms with Gasteiger partial charge < -0.3 is 10.6 Å². The Kier molecular flexibility index (Phi) is 5.40. The molecule has 0 bridgehead atoms. The molecule has 2 amide bonds. The normalized spacial score (nSPS) is 11.2. The summed E-state index contributed by atoms with van der Waals surface area (Å²) < 4.78 is 26.9. The highest BCUT2D eigenvalue weighted by Crippen LogP contribution is 2.22. The average molecular weight is 348 g/mol. The number of aryl methyl sites for hydroxylation is 1. The summed E-state index contributed by atoms with van der Waals surface area (Å²) in [7, 11) is -3.97. The zero-order valence-electron chi connectivity index (χ0n) is 13.7. The van der Waals surface area contributed by atoms with Crippen LogP contribution in [-0.2, 0) is 10.0 Å². The molecule has 1 heterocycles. The highest BCUT2D eigenvalue weighted by molar-refractivity contribution is 7.90. The predicted octanol–water partition coefficient (Wildman–Crippen LogP) is 2.53. The number of sulfonamides is 1. The molecule has 0 unspecified atom stereocenters. The van der Waals surface area contributed by atoms with Gasteiger partial charge >= 0.3 is 6.03 Å². The van der Waals surface area contributed by atoms with Gasteiger partial charge in [0.1, 0.15) is 5.82 Å². The van der Waals surface area contributed by atoms with Crippen molar-refractivity contribution in [2.24, 2.45) is 0 Å². The molecule has 1 aromatic heterocycles. The Balaban J connectivity index is 2.26. The molecule has 0 fully saturated rings. The van der Waals surface area contributed by atoms with E-state index in [1.807, 2.05) is 10.8 Å². The fourth-order valence-electron chi connectivity index (χ4n) is 2.02. The number of nitrogens with one attached hydrogen (secondary N) is 3. The van der Waals surface area contributed by atoms with Gasteiger partial charge in [-0.05, 0) is 50.6 Å². The van der Waals surface area contributed by atoms with Crippen LogP contribution in [0.3, 0.4) is 0 Å². The Morgan fingerprint density at radius 3 is 2.54 bits per heavy atom. The third-order valence-electron chi connectivity index (χ3n) is 3.06. The Hall–Kier alpha value is -2.61. The van der Waals surface area contributed by atoms with Crippen molar-refractivity contribution in [3.63, 3.8) is 0 Å². The fourth-order valence-corrected chi connectivity index (χ4v) is 3.21. The highest BCUT2D eigenvalue weighted by Gasteiger charge is 2.20. The summed E-state index contributed by atoms with van der Waals surface area (Å²) in [5.41, 5.74) is 1.09. The van der Waals surface area contributed by atoms with E-state index in [0.29, 0.717) is 17.1 Å². The molecule has 0 aliphatic heterocycles. The summed E-state index contributed by atoms with van der Waals surface area (Å²) in [4.78, 5) is 15.9. The van der Waals surface area contributed by atoms with Crippen molar-refractivity contribution in [2.45, 2.75) is 31.7 Å². The number of benzene rings is 1. The lowest BCUT2D eigenvalue weighted by atomic mass is 10.2. The van der Waals surface area contributed by atoms with Crippen LogP contribution in [0.15, 0.2) is 47.5 Å². The van der Waals surface area contributed by atoms with Crippen molar-refractivity contribution in [3.05, 3.63) is 48.2 Å². The minimum Gasteiger partial charge on any atom is -0.340 e. The number of rotatable bonds is 5. The van der Waals surface area contributed by atoms with Crippen LogP contribution in [0.1, 0.15) is 19.4 Å². The number of aromatic nitrogens is 1. The molecule has 0 radical (unpaired) electrons. The number of carbonyl (C=O) groups is 1. The Morgan fingerprint density at radius 2 is 1.92 bits per heavy atom. The van der Waals surface area contributed by atoms with Crippen LogP contribution < -0.4 is 15.4 Å². The van der Waals surface area contributed by atoms with Crippen LogP contribution in [0.25, 0.3) is 0 Å². The zero-order chi connectivity index (χ0) is 17.7. The highest BCUT2D eigenvalue weighted by atomic mass is 32.2. The number of hydrogen-bond donors (Lipinski definition) is 3. The van der Waals surface area contributed by atoms with Gasteiger partial charge in [-0.3, -0.25) is 0 Å². The van der Waals surface area contributed by atoms with Gasteiger partial charge in [0.2, 0.25) is 0 Å². The molecule has 1 aromatic carbocycles. The molecule has 2 aromatic rings. The van der Waals surface area contributed by atoms with E-state index in [-0.39, 0.29) is 10.9 Å². The minimum atomic E-state index is -3.97. The summed E-state index contributed by atoms with van der Waals surface area (Å²) in [5, 5.41) is 5.51. The molecule has 7 nitrogen and oxygen atoms in total. The Bertz CT molecular complexity index is 820. The van der Waals surface area contributed by atoms with Crippen LogP contribution in [-0.4, -0.2) is 25.5 Å². The molecule has 3 N–H and O–H groups in total. The van der Waals surface area contributed by atoms with E-state index >= 15 is 0 Å². The van der Waals surface area contributed by atoms with Crippen molar-refractivity contribution in [1.29, 1.82) is 0 Å². The standard InChI is InChI=1S/C16H20N4O3S/c1-11(2)18-16(21)20-24(22,23)14-10-13(8-7-12(14)3)19-15-6-4-5-9-17-15/h4-11H,1-3H3,(H,17,19)(H2,18,20,21). The van der Waals surface area contributed by atoms with E-state index in [2.05, 4.69) is 15.6 Å². The molecular formula is C16H20N4O3S. The van der Waals surface area contributed by atoms with Crippen LogP contribution in [0.4, 0.5) is 16.3 Å². The van der Waals surface area contributed by atoms with Gasteiger partial charge in [0.25, 0.3) is 10.0 Å². The smallest absolute Gasteiger partial charge is 0.328 e. The summed E-state index contributed by atoms with van der Waals surface area (Å²) in [6.07, 6.45) is 1.63. The second kappa shape index (κ2) is 7.31. The molecule has 0 atom stereocenters. The first-order valence-electron chi connectivity index (χ1n) is 7.40. The molecule has 2 rings (SSSR count). The van der Waals surface area contributed by atoms with Gasteiger partial charge in [-0.25, -0.2) is 22.9 Å². The van der Waals surface area contributed by atoms with Crippen LogP contribution in [0, 0.1) is 6.92 Å². The number of anilines is 2. The lowest BCUT2D eigenvalue weighted by Gasteiger charge is -2.13. The van der Waals surface area contributed by atoms with Gasteiger partial charge in [0.05, 0.1) is 4.90 Å². The van der Waals surface area contributed by atoms with Gasteiger partial charge in [0.15, 0.2) is 0 Å². The maximum absolute atomic E-state index is 12.4. The third kappa shape index (κ3) is 4.69. The SMILES string of the molecule is Cc1ccc(Nc2ccccn2)cc1S(=O)(=O)NC(=O)NC(C)C. The molecule has 0 aliphatic carbocycles. The lowest BCUT2D eigenvalue weighted by molar-refractivity contribution is 0.243. The minimum absolute atomic E-state index is 0.0299. The van der Waals surface area contributed by atoms with Gasteiger partial charge in [-0.1, -0.05) is 12.1 Å². The third-order valence-corrected chi connectivity index (χ3v) is 4.53. The topological polar surface area (TPSA) is 100 Å². The molecule has 0 spiro atoms. The fraction of sp³-hybridized carbons (Fsp3) is 0.250. The molecule has 0 aliphatic rings. The number of pyridine rings is 1. The maximum atomic E-state index is 12.4. The van der Waals surface area contributed by atoms with E-state index in [1.165, 1.54) is 6.07 Å². The summed E-state index contributed by atoms with van der Waals surface area (Å²) in [5.74, 6) is 0.593. The molecular weight excluding hydrogens is 328 g/mol. The van der Waals surface area contributed by atoms with E-state index in [9.17, 15) is 13.2 Å². The van der Waals surface area contributed by atoms with E-state index < -0.39 is 16.1 Å². The number of amides is 2. The molecule has 0 saturated heterocycles. The number of nitrogens with zero attached hydrogens (tertiary/aromatic N) is 1. The summed E-state index contributed by atoms with van der Waals surface area (Å²) in [6, 6.07) is 9.33. The predicted molar refractivity (Wildman–Crippen MR) is 92.7 cm³/mol. The second-order valence-corrected chi connectivity index (χ2v) is 7.20. The van der Waals surface area contributed by atoms with Crippen molar-refractivity contribution in [1.82, 2.24) is 15.0 Å². The molecule has 24 heavy (non-hydrogen) atoms. The summed E-state index contributed by atoms with van der Waals surface area (Å²) >= 11 is 0. The maximum Gasteiger partial charge on any atom is 0.328 e. The number of carbonyl (C=O) groups excluding carboxylic acids is 1. The second-order valence-electron chi connectivity index (χ2n) is 5.55. The molecule has 8 heteroatoms. The summed E-state index contributed by atoms with van der Waals surface area (Å²) in [6.45, 7) is 5.16. The van der Waals surface area contributed by atoms with Crippen molar-refractivity contribution >= 4 is 27.6 Å². The average Bonchev–Trinajstić information content (AvgIpc) is 2.48. The van der Waals surface area contributed by atoms with Crippen molar-refractivity contribution in [2.75, 3.05) is 5.32 Å². The molecule has 0 saturated carbocycles. The lowest BCUT2D eigenvalue weighted by Crippen LogP contribution is -2.42. The van der Waals surface area contributed by atoms with Crippen LogP contribution >= 0.6 is 0 Å². The largest absolute Gasteiger partial charge is 0.340 e. The van der Waals surface area contributed by atoms with Crippen molar-refractivity contribution in [3.8, 4) is 0 Å². The number of urea groups is 1. The first kappa shape index (κ1) is 17.7. The monoisotopic (exact) mass is 348 g/mol. The first-order chi connectivity index (χ1) is 11.3. The van der Waals surface area contributed by atoms with Crippen LogP contribution in [0.5, 0.6) is 0 Å². The quantitative estimate of drug-likeness (QED) is 0.771. The Labute approximate surface area is 141 Å². The molecule has 128 valence electrons. The van der Waals surface area contributed by atoms with Gasteiger partial charge in [-0.2, -0.15) is 0 Å². The van der Waals surface area contributed by atoms with E-state index in [1.54, 1.807) is 51.2 Å². The van der Waals surface area contributed by atoms with E-state index in [4.69, 9.17) is 0 Å². The van der Waals surface area contributed by atoms with Gasteiger partial charge in [0, 0.05) is 17.9 Å². The van der Waals surface area contributed by atoms with Gasteiger partial charge in [-0.15, -0.1) is 0 Å². The van der Waals surface area contributed by atoms with E-state index in [0.717, 1.165) is 0 Å². The first-order valence-corrected chi connectivity index (χ1v) is 8.88. The zero-order valence-corrected chi connectivity index (χ0v) is 14.5.